The molecule has 4 heteroatoms. The van der Waals surface area contributed by atoms with E-state index in [9.17, 15) is 4.79 Å². The second-order valence-electron chi connectivity index (χ2n) is 4.49. The van der Waals surface area contributed by atoms with Gasteiger partial charge in [0, 0.05) is 26.1 Å². The standard InChI is InChI=1S/C10H20ClNO2/c1-10(2,3)9(13)12(4)6-8(11)7-14-5/h8H,6-7H2,1-5H3. The minimum atomic E-state index is -0.349. The van der Waals surface area contributed by atoms with Gasteiger partial charge in [-0.1, -0.05) is 20.8 Å². The molecule has 0 rings (SSSR count). The molecule has 0 saturated heterocycles. The topological polar surface area (TPSA) is 29.5 Å². The normalized spacial score (nSPS) is 13.9. The van der Waals surface area contributed by atoms with Crippen LogP contribution in [0, 0.1) is 5.41 Å². The molecule has 84 valence electrons. The minimum absolute atomic E-state index is 0.0965. The smallest absolute Gasteiger partial charge is 0.227 e. The molecular weight excluding hydrogens is 202 g/mol. The van der Waals surface area contributed by atoms with E-state index in [2.05, 4.69) is 0 Å². The van der Waals surface area contributed by atoms with Crippen LogP contribution in [0.3, 0.4) is 0 Å². The van der Waals surface area contributed by atoms with Crippen molar-refractivity contribution in [1.29, 1.82) is 0 Å². The summed E-state index contributed by atoms with van der Waals surface area (Å²) < 4.78 is 4.90. The van der Waals surface area contributed by atoms with Crippen LogP contribution in [0.1, 0.15) is 20.8 Å². The molecule has 0 aliphatic heterocycles. The van der Waals surface area contributed by atoms with E-state index in [4.69, 9.17) is 16.3 Å². The second-order valence-corrected chi connectivity index (χ2v) is 5.11. The first-order chi connectivity index (χ1) is 6.29. The Hall–Kier alpha value is -0.280. The number of amides is 1. The van der Waals surface area contributed by atoms with Crippen LogP contribution in [0.4, 0.5) is 0 Å². The van der Waals surface area contributed by atoms with Crippen molar-refractivity contribution in [1.82, 2.24) is 4.90 Å². The zero-order valence-corrected chi connectivity index (χ0v) is 10.4. The van der Waals surface area contributed by atoms with Crippen LogP contribution in [-0.2, 0) is 9.53 Å². The number of rotatable bonds is 4. The molecule has 0 spiro atoms. The zero-order chi connectivity index (χ0) is 11.4. The lowest BCUT2D eigenvalue weighted by molar-refractivity contribution is -0.138. The fourth-order valence-corrected chi connectivity index (χ4v) is 1.52. The Morgan fingerprint density at radius 1 is 1.50 bits per heavy atom. The van der Waals surface area contributed by atoms with Gasteiger partial charge >= 0.3 is 0 Å². The van der Waals surface area contributed by atoms with Crippen LogP contribution in [-0.4, -0.2) is 43.5 Å². The van der Waals surface area contributed by atoms with E-state index in [1.54, 1.807) is 19.1 Å². The molecule has 0 aromatic heterocycles. The zero-order valence-electron chi connectivity index (χ0n) is 9.63. The molecule has 1 amide bonds. The SMILES string of the molecule is COCC(Cl)CN(C)C(=O)C(C)(C)C. The highest BCUT2D eigenvalue weighted by Gasteiger charge is 2.25. The lowest BCUT2D eigenvalue weighted by Crippen LogP contribution is -2.40. The summed E-state index contributed by atoms with van der Waals surface area (Å²) in [6, 6.07) is 0. The number of nitrogens with zero attached hydrogens (tertiary/aromatic N) is 1. The van der Waals surface area contributed by atoms with E-state index in [0.29, 0.717) is 13.2 Å². The van der Waals surface area contributed by atoms with Crippen molar-refractivity contribution in [3.05, 3.63) is 0 Å². The predicted molar refractivity (Wildman–Crippen MR) is 58.6 cm³/mol. The molecule has 1 unspecified atom stereocenters. The number of halogens is 1. The van der Waals surface area contributed by atoms with Gasteiger partial charge in [0.2, 0.25) is 5.91 Å². The van der Waals surface area contributed by atoms with Crippen molar-refractivity contribution in [3.63, 3.8) is 0 Å². The third-order valence-corrected chi connectivity index (χ3v) is 2.07. The summed E-state index contributed by atoms with van der Waals surface area (Å²) in [7, 11) is 3.36. The molecule has 0 saturated carbocycles. The van der Waals surface area contributed by atoms with E-state index in [0.717, 1.165) is 0 Å². The maximum absolute atomic E-state index is 11.7. The summed E-state index contributed by atoms with van der Waals surface area (Å²) in [6.07, 6.45) is 0. The van der Waals surface area contributed by atoms with Crippen molar-refractivity contribution in [2.24, 2.45) is 5.41 Å². The van der Waals surface area contributed by atoms with Crippen molar-refractivity contribution in [2.75, 3.05) is 27.3 Å². The Kier molecular flexibility index (Phi) is 5.45. The molecular formula is C10H20ClNO2. The van der Waals surface area contributed by atoms with Gasteiger partial charge in [-0.05, 0) is 0 Å². The van der Waals surface area contributed by atoms with Gasteiger partial charge in [0.15, 0.2) is 0 Å². The Morgan fingerprint density at radius 2 is 2.00 bits per heavy atom. The molecule has 14 heavy (non-hydrogen) atoms. The fraction of sp³-hybridized carbons (Fsp3) is 0.900. The Balaban J connectivity index is 4.08. The molecule has 0 bridgehead atoms. The lowest BCUT2D eigenvalue weighted by atomic mass is 9.95. The Morgan fingerprint density at radius 3 is 2.36 bits per heavy atom. The maximum atomic E-state index is 11.7. The number of hydrogen-bond acceptors (Lipinski definition) is 2. The largest absolute Gasteiger partial charge is 0.383 e. The van der Waals surface area contributed by atoms with Crippen molar-refractivity contribution < 1.29 is 9.53 Å². The number of hydrogen-bond donors (Lipinski definition) is 0. The van der Waals surface area contributed by atoms with E-state index >= 15 is 0 Å². The molecule has 0 aromatic rings. The van der Waals surface area contributed by atoms with Crippen LogP contribution < -0.4 is 0 Å². The summed E-state index contributed by atoms with van der Waals surface area (Å²) in [6.45, 7) is 6.66. The molecule has 3 nitrogen and oxygen atoms in total. The first-order valence-corrected chi connectivity index (χ1v) is 5.11. The van der Waals surface area contributed by atoms with E-state index in [1.165, 1.54) is 0 Å². The minimum Gasteiger partial charge on any atom is -0.383 e. The van der Waals surface area contributed by atoms with Crippen molar-refractivity contribution >= 4 is 17.5 Å². The highest BCUT2D eigenvalue weighted by molar-refractivity contribution is 6.21. The molecule has 0 aliphatic rings. The van der Waals surface area contributed by atoms with Crippen LogP contribution in [0.2, 0.25) is 0 Å². The fourth-order valence-electron chi connectivity index (χ4n) is 1.19. The molecule has 1 atom stereocenters. The number of alkyl halides is 1. The molecule has 0 aliphatic carbocycles. The van der Waals surface area contributed by atoms with Gasteiger partial charge in [0.1, 0.15) is 0 Å². The molecule has 0 fully saturated rings. The molecule has 0 aromatic carbocycles. The van der Waals surface area contributed by atoms with Gasteiger partial charge in [-0.3, -0.25) is 4.79 Å². The number of carbonyl (C=O) groups excluding carboxylic acids is 1. The molecule has 0 heterocycles. The van der Waals surface area contributed by atoms with Crippen molar-refractivity contribution in [3.8, 4) is 0 Å². The highest BCUT2D eigenvalue weighted by atomic mass is 35.5. The number of methoxy groups -OCH3 is 1. The highest BCUT2D eigenvalue weighted by Crippen LogP contribution is 2.16. The quantitative estimate of drug-likeness (QED) is 0.677. The summed E-state index contributed by atoms with van der Waals surface area (Å²) >= 11 is 5.95. The molecule has 0 radical (unpaired) electrons. The van der Waals surface area contributed by atoms with Crippen LogP contribution in [0.25, 0.3) is 0 Å². The first-order valence-electron chi connectivity index (χ1n) is 4.67. The number of ether oxygens (including phenoxy) is 1. The Labute approximate surface area is 91.4 Å². The average Bonchev–Trinajstić information content (AvgIpc) is 2.01. The lowest BCUT2D eigenvalue weighted by Gasteiger charge is -2.27. The van der Waals surface area contributed by atoms with Gasteiger partial charge in [-0.2, -0.15) is 0 Å². The third-order valence-electron chi connectivity index (χ3n) is 1.81. The summed E-state index contributed by atoms with van der Waals surface area (Å²) in [5, 5.41) is -0.142. The van der Waals surface area contributed by atoms with E-state index in [1.807, 2.05) is 20.8 Å². The van der Waals surface area contributed by atoms with Gasteiger partial charge in [0.25, 0.3) is 0 Å². The summed E-state index contributed by atoms with van der Waals surface area (Å²) in [5.41, 5.74) is -0.349. The monoisotopic (exact) mass is 221 g/mol. The van der Waals surface area contributed by atoms with E-state index in [-0.39, 0.29) is 16.7 Å². The maximum Gasteiger partial charge on any atom is 0.227 e. The predicted octanol–water partition coefficient (Wildman–Crippen LogP) is 1.74. The van der Waals surface area contributed by atoms with E-state index < -0.39 is 0 Å². The summed E-state index contributed by atoms with van der Waals surface area (Å²) in [4.78, 5) is 13.4. The van der Waals surface area contributed by atoms with Gasteiger partial charge in [0.05, 0.1) is 12.0 Å². The van der Waals surface area contributed by atoms with Crippen LogP contribution >= 0.6 is 11.6 Å². The van der Waals surface area contributed by atoms with Gasteiger partial charge in [-0.15, -0.1) is 11.6 Å². The van der Waals surface area contributed by atoms with Crippen LogP contribution in [0.5, 0.6) is 0 Å². The summed E-state index contributed by atoms with van der Waals surface area (Å²) in [5.74, 6) is 0.0965. The average molecular weight is 222 g/mol. The van der Waals surface area contributed by atoms with Crippen molar-refractivity contribution in [2.45, 2.75) is 26.1 Å². The Bertz CT molecular complexity index is 189. The molecule has 0 N–H and O–H groups in total. The van der Waals surface area contributed by atoms with Gasteiger partial charge < -0.3 is 9.64 Å². The van der Waals surface area contributed by atoms with Crippen LogP contribution in [0.15, 0.2) is 0 Å². The third kappa shape index (κ3) is 4.82. The van der Waals surface area contributed by atoms with Gasteiger partial charge in [-0.25, -0.2) is 0 Å². The second kappa shape index (κ2) is 5.56. The number of carbonyl (C=O) groups is 1. The first kappa shape index (κ1) is 13.7.